The van der Waals surface area contributed by atoms with Gasteiger partial charge in [-0.3, -0.25) is 14.6 Å². The molecule has 0 unspecified atom stereocenters. The number of pyridine rings is 1. The fourth-order valence-electron chi connectivity index (χ4n) is 2.01. The molecule has 2 amide bonds. The molecule has 17 heavy (non-hydrogen) atoms. The molecule has 2 rings (SSSR count). The van der Waals surface area contributed by atoms with E-state index in [4.69, 9.17) is 5.73 Å². The molecule has 0 aliphatic heterocycles. The number of amides is 2. The highest BCUT2D eigenvalue weighted by Gasteiger charge is 2.18. The number of aromatic nitrogens is 1. The summed E-state index contributed by atoms with van der Waals surface area (Å²) in [6.45, 7) is 0. The zero-order valence-electron chi connectivity index (χ0n) is 9.48. The topological polar surface area (TPSA) is 85.1 Å². The number of carbonyl (C=O) groups is 2. The fraction of sp³-hybridized carbons (Fsp3) is 0.417. The van der Waals surface area contributed by atoms with Crippen LogP contribution >= 0.6 is 0 Å². The van der Waals surface area contributed by atoms with Crippen molar-refractivity contribution in [3.05, 3.63) is 29.6 Å². The van der Waals surface area contributed by atoms with Gasteiger partial charge in [0.05, 0.1) is 5.56 Å². The maximum absolute atomic E-state index is 11.8. The third kappa shape index (κ3) is 2.81. The number of carbonyl (C=O) groups excluding carboxylic acids is 2. The molecule has 1 aliphatic rings. The molecule has 90 valence electrons. The van der Waals surface area contributed by atoms with Crippen LogP contribution in [0.2, 0.25) is 0 Å². The van der Waals surface area contributed by atoms with E-state index in [0.717, 1.165) is 12.8 Å². The van der Waals surface area contributed by atoms with Gasteiger partial charge >= 0.3 is 0 Å². The summed E-state index contributed by atoms with van der Waals surface area (Å²) < 4.78 is 0. The van der Waals surface area contributed by atoms with Crippen molar-refractivity contribution in [2.24, 2.45) is 5.73 Å². The molecule has 1 aromatic heterocycles. The zero-order chi connectivity index (χ0) is 12.3. The Labute approximate surface area is 99.4 Å². The largest absolute Gasteiger partial charge is 0.364 e. The van der Waals surface area contributed by atoms with E-state index >= 15 is 0 Å². The minimum absolute atomic E-state index is 0.138. The van der Waals surface area contributed by atoms with Crippen molar-refractivity contribution >= 4 is 11.8 Å². The Kier molecular flexibility index (Phi) is 3.37. The highest BCUT2D eigenvalue weighted by atomic mass is 16.2. The van der Waals surface area contributed by atoms with Crippen molar-refractivity contribution in [3.8, 4) is 0 Å². The molecule has 1 aromatic rings. The summed E-state index contributed by atoms with van der Waals surface area (Å²) in [6, 6.07) is 3.31. The van der Waals surface area contributed by atoms with Gasteiger partial charge in [0.2, 0.25) is 0 Å². The first kappa shape index (κ1) is 11.6. The van der Waals surface area contributed by atoms with Crippen LogP contribution in [0.3, 0.4) is 0 Å². The van der Waals surface area contributed by atoms with Gasteiger partial charge in [-0.15, -0.1) is 0 Å². The second-order valence-corrected chi connectivity index (χ2v) is 4.25. The summed E-state index contributed by atoms with van der Waals surface area (Å²) in [5.74, 6) is -0.729. The SMILES string of the molecule is NC(=O)c1ccc(C(=O)NC2CCCC2)cn1. The molecule has 1 heterocycles. The normalized spacial score (nSPS) is 15.8. The van der Waals surface area contributed by atoms with Gasteiger partial charge in [0.1, 0.15) is 5.69 Å². The number of hydrogen-bond acceptors (Lipinski definition) is 3. The molecular formula is C12H15N3O2. The van der Waals surface area contributed by atoms with Crippen LogP contribution in [0.4, 0.5) is 0 Å². The highest BCUT2D eigenvalue weighted by Crippen LogP contribution is 2.18. The summed E-state index contributed by atoms with van der Waals surface area (Å²) in [6.07, 6.45) is 5.80. The third-order valence-electron chi connectivity index (χ3n) is 2.97. The standard InChI is InChI=1S/C12H15N3O2/c13-11(16)10-6-5-8(7-14-10)12(17)15-9-3-1-2-4-9/h5-7,9H,1-4H2,(H2,13,16)(H,15,17). The van der Waals surface area contributed by atoms with Gasteiger partial charge in [0, 0.05) is 12.2 Å². The van der Waals surface area contributed by atoms with Crippen molar-refractivity contribution < 1.29 is 9.59 Å². The molecule has 0 aromatic carbocycles. The molecule has 0 bridgehead atoms. The first-order chi connectivity index (χ1) is 8.16. The first-order valence-corrected chi connectivity index (χ1v) is 5.73. The van der Waals surface area contributed by atoms with Gasteiger partial charge in [-0.2, -0.15) is 0 Å². The molecule has 0 atom stereocenters. The van der Waals surface area contributed by atoms with Crippen molar-refractivity contribution in [1.82, 2.24) is 10.3 Å². The summed E-state index contributed by atoms with van der Waals surface area (Å²) in [4.78, 5) is 26.5. The lowest BCUT2D eigenvalue weighted by Gasteiger charge is -2.11. The summed E-state index contributed by atoms with van der Waals surface area (Å²) >= 11 is 0. The van der Waals surface area contributed by atoms with Crippen molar-refractivity contribution in [1.29, 1.82) is 0 Å². The third-order valence-corrected chi connectivity index (χ3v) is 2.97. The molecule has 3 N–H and O–H groups in total. The van der Waals surface area contributed by atoms with E-state index in [2.05, 4.69) is 10.3 Å². The number of hydrogen-bond donors (Lipinski definition) is 2. The van der Waals surface area contributed by atoms with Gasteiger partial charge in [-0.1, -0.05) is 12.8 Å². The number of nitrogens with one attached hydrogen (secondary N) is 1. The number of primary amides is 1. The Bertz CT molecular complexity index is 422. The molecule has 0 radical (unpaired) electrons. The maximum Gasteiger partial charge on any atom is 0.267 e. The molecule has 5 nitrogen and oxygen atoms in total. The lowest BCUT2D eigenvalue weighted by molar-refractivity contribution is 0.0934. The molecule has 0 saturated heterocycles. The van der Waals surface area contributed by atoms with Crippen LogP contribution in [0.25, 0.3) is 0 Å². The van der Waals surface area contributed by atoms with E-state index < -0.39 is 5.91 Å². The van der Waals surface area contributed by atoms with Crippen LogP contribution in [0.5, 0.6) is 0 Å². The van der Waals surface area contributed by atoms with Crippen LogP contribution in [-0.4, -0.2) is 22.8 Å². The van der Waals surface area contributed by atoms with E-state index in [1.165, 1.54) is 25.1 Å². The number of nitrogens with two attached hydrogens (primary N) is 1. The summed E-state index contributed by atoms with van der Waals surface area (Å²) in [5.41, 5.74) is 5.70. The minimum Gasteiger partial charge on any atom is -0.364 e. The Balaban J connectivity index is 2.01. The maximum atomic E-state index is 11.8. The highest BCUT2D eigenvalue weighted by molar-refractivity contribution is 5.95. The van der Waals surface area contributed by atoms with Crippen LogP contribution in [0, 0.1) is 0 Å². The van der Waals surface area contributed by atoms with Crippen LogP contribution in [0.15, 0.2) is 18.3 Å². The number of rotatable bonds is 3. The average Bonchev–Trinajstić information content (AvgIpc) is 2.82. The summed E-state index contributed by atoms with van der Waals surface area (Å²) in [7, 11) is 0. The molecule has 0 spiro atoms. The number of nitrogens with zero attached hydrogens (tertiary/aromatic N) is 1. The quantitative estimate of drug-likeness (QED) is 0.811. The monoisotopic (exact) mass is 233 g/mol. The molecular weight excluding hydrogens is 218 g/mol. The van der Waals surface area contributed by atoms with Gasteiger partial charge < -0.3 is 11.1 Å². The van der Waals surface area contributed by atoms with E-state index in [1.807, 2.05) is 0 Å². The van der Waals surface area contributed by atoms with Crippen LogP contribution < -0.4 is 11.1 Å². The predicted octanol–water partition coefficient (Wildman–Crippen LogP) is 0.853. The lowest BCUT2D eigenvalue weighted by Crippen LogP contribution is -2.32. The fourth-order valence-corrected chi connectivity index (χ4v) is 2.01. The van der Waals surface area contributed by atoms with Gasteiger partial charge in [0.25, 0.3) is 11.8 Å². The first-order valence-electron chi connectivity index (χ1n) is 5.73. The van der Waals surface area contributed by atoms with Crippen LogP contribution in [0.1, 0.15) is 46.5 Å². The van der Waals surface area contributed by atoms with Gasteiger partial charge in [-0.05, 0) is 25.0 Å². The van der Waals surface area contributed by atoms with Gasteiger partial charge in [0.15, 0.2) is 0 Å². The Morgan fingerprint density at radius 2 is 2.00 bits per heavy atom. The minimum atomic E-state index is -0.590. The second-order valence-electron chi connectivity index (χ2n) is 4.25. The van der Waals surface area contributed by atoms with Crippen LogP contribution in [-0.2, 0) is 0 Å². The predicted molar refractivity (Wildman–Crippen MR) is 62.5 cm³/mol. The van der Waals surface area contributed by atoms with E-state index in [9.17, 15) is 9.59 Å². The molecule has 1 fully saturated rings. The van der Waals surface area contributed by atoms with Crippen molar-refractivity contribution in [2.75, 3.05) is 0 Å². The van der Waals surface area contributed by atoms with E-state index in [-0.39, 0.29) is 17.6 Å². The van der Waals surface area contributed by atoms with Crippen molar-refractivity contribution in [2.45, 2.75) is 31.7 Å². The Morgan fingerprint density at radius 1 is 1.29 bits per heavy atom. The average molecular weight is 233 g/mol. The van der Waals surface area contributed by atoms with E-state index in [1.54, 1.807) is 6.07 Å². The molecule has 1 aliphatic carbocycles. The molecule has 1 saturated carbocycles. The van der Waals surface area contributed by atoms with Crippen molar-refractivity contribution in [3.63, 3.8) is 0 Å². The molecule has 5 heteroatoms. The Hall–Kier alpha value is -1.91. The zero-order valence-corrected chi connectivity index (χ0v) is 9.48. The van der Waals surface area contributed by atoms with Gasteiger partial charge in [-0.25, -0.2) is 0 Å². The van der Waals surface area contributed by atoms with E-state index in [0.29, 0.717) is 5.56 Å². The smallest absolute Gasteiger partial charge is 0.267 e. The Morgan fingerprint density at radius 3 is 2.53 bits per heavy atom. The second kappa shape index (κ2) is 4.95. The summed E-state index contributed by atoms with van der Waals surface area (Å²) in [5, 5.41) is 2.95. The lowest BCUT2D eigenvalue weighted by atomic mass is 10.2.